The normalized spacial score (nSPS) is 8.79. The Morgan fingerprint density at radius 2 is 1.50 bits per heavy atom. The predicted octanol–water partition coefficient (Wildman–Crippen LogP) is 0.623. The van der Waals surface area contributed by atoms with E-state index in [4.69, 9.17) is 15.9 Å². The van der Waals surface area contributed by atoms with E-state index < -0.39 is 11.9 Å². The molecule has 0 aromatic heterocycles. The van der Waals surface area contributed by atoms with E-state index in [0.29, 0.717) is 18.7 Å². The highest BCUT2D eigenvalue weighted by Gasteiger charge is 1.88. The van der Waals surface area contributed by atoms with Crippen LogP contribution in [0.3, 0.4) is 0 Å². The van der Waals surface area contributed by atoms with Gasteiger partial charge in [-0.15, -0.1) is 0 Å². The van der Waals surface area contributed by atoms with Crippen molar-refractivity contribution in [2.45, 2.75) is 13.8 Å². The molecule has 0 spiro atoms. The van der Waals surface area contributed by atoms with Gasteiger partial charge >= 0.3 is 11.9 Å². The van der Waals surface area contributed by atoms with Crippen molar-refractivity contribution in [3.63, 3.8) is 0 Å². The van der Waals surface area contributed by atoms with E-state index in [1.54, 1.807) is 0 Å². The molecule has 0 saturated carbocycles. The molecule has 0 atom stereocenters. The molecule has 0 aliphatic rings. The van der Waals surface area contributed by atoms with Crippen molar-refractivity contribution in [3.05, 3.63) is 23.8 Å². The lowest BCUT2D eigenvalue weighted by Gasteiger charge is -1.80. The highest BCUT2D eigenvalue weighted by Crippen LogP contribution is 1.82. The molecule has 0 fully saturated rings. The van der Waals surface area contributed by atoms with Gasteiger partial charge in [0.2, 0.25) is 0 Å². The van der Waals surface area contributed by atoms with Crippen LogP contribution in [0.2, 0.25) is 0 Å². The largest absolute Gasteiger partial charge is 0.478 e. The molecule has 5 nitrogen and oxygen atoms in total. The summed E-state index contributed by atoms with van der Waals surface area (Å²) in [5.74, 6) is -2.51. The summed E-state index contributed by atoms with van der Waals surface area (Å²) in [5, 5.41) is 15.6. The summed E-state index contributed by atoms with van der Waals surface area (Å²) in [5.41, 5.74) is 6.44. The summed E-state index contributed by atoms with van der Waals surface area (Å²) in [4.78, 5) is 19.1. The van der Waals surface area contributed by atoms with E-state index in [0.717, 1.165) is 0 Å². The van der Waals surface area contributed by atoms with E-state index in [2.05, 4.69) is 0 Å². The van der Waals surface area contributed by atoms with Crippen molar-refractivity contribution in [1.29, 1.82) is 0 Å². The number of carbonyl (C=O) groups is 2. The summed E-state index contributed by atoms with van der Waals surface area (Å²) in [6.07, 6.45) is 3.10. The van der Waals surface area contributed by atoms with Crippen molar-refractivity contribution in [1.82, 2.24) is 0 Å². The predicted molar refractivity (Wildman–Crippen MR) is 52.9 cm³/mol. The van der Waals surface area contributed by atoms with Crippen LogP contribution >= 0.6 is 0 Å². The van der Waals surface area contributed by atoms with E-state index in [1.807, 2.05) is 19.9 Å². The van der Waals surface area contributed by atoms with Crippen molar-refractivity contribution in [2.24, 2.45) is 5.73 Å². The molecule has 0 heterocycles. The van der Waals surface area contributed by atoms with Crippen LogP contribution in [-0.4, -0.2) is 28.7 Å². The van der Waals surface area contributed by atoms with E-state index in [1.165, 1.54) is 5.57 Å². The minimum atomic E-state index is -1.26. The van der Waals surface area contributed by atoms with Crippen LogP contribution in [-0.2, 0) is 9.59 Å². The first-order valence-corrected chi connectivity index (χ1v) is 3.87. The molecule has 0 aromatic rings. The standard InChI is InChI=1S/C5H11N.C4H4O4/c1-5(2)3-4-6;5-3(6)1-2-4(7)8/h3H,4,6H2,1-2H3;1-2H,(H,5,6)(H,7,8)/b;2-1+. The molecule has 0 saturated heterocycles. The number of allylic oxidation sites excluding steroid dienone is 1. The van der Waals surface area contributed by atoms with Gasteiger partial charge in [-0.3, -0.25) is 0 Å². The molecule has 0 bridgehead atoms. The molecule has 0 radical (unpaired) electrons. The number of nitrogens with two attached hydrogens (primary N) is 1. The molecule has 0 aliphatic heterocycles. The Morgan fingerprint density at radius 1 is 1.14 bits per heavy atom. The third-order valence-corrected chi connectivity index (χ3v) is 0.895. The summed E-state index contributed by atoms with van der Waals surface area (Å²) in [7, 11) is 0. The van der Waals surface area contributed by atoms with Crippen molar-refractivity contribution in [3.8, 4) is 0 Å². The van der Waals surface area contributed by atoms with Crippen LogP contribution in [0.5, 0.6) is 0 Å². The first-order valence-electron chi connectivity index (χ1n) is 3.87. The van der Waals surface area contributed by atoms with Gasteiger partial charge in [-0.05, 0) is 13.8 Å². The van der Waals surface area contributed by atoms with Gasteiger partial charge in [-0.1, -0.05) is 11.6 Å². The van der Waals surface area contributed by atoms with Crippen LogP contribution in [0.4, 0.5) is 0 Å². The topological polar surface area (TPSA) is 101 Å². The Labute approximate surface area is 82.5 Å². The third kappa shape index (κ3) is 22.4. The quantitative estimate of drug-likeness (QED) is 0.459. The van der Waals surface area contributed by atoms with Gasteiger partial charge < -0.3 is 15.9 Å². The highest BCUT2D eigenvalue weighted by atomic mass is 16.4. The molecule has 5 heteroatoms. The highest BCUT2D eigenvalue weighted by molar-refractivity contribution is 5.89. The minimum Gasteiger partial charge on any atom is -0.478 e. The van der Waals surface area contributed by atoms with E-state index in [9.17, 15) is 9.59 Å². The number of carboxylic acids is 2. The second-order valence-electron chi connectivity index (χ2n) is 2.53. The molecule has 80 valence electrons. The average molecular weight is 201 g/mol. The fraction of sp³-hybridized carbons (Fsp3) is 0.333. The first-order chi connectivity index (χ1) is 6.40. The van der Waals surface area contributed by atoms with Gasteiger partial charge in [0.05, 0.1) is 0 Å². The maximum Gasteiger partial charge on any atom is 0.328 e. The fourth-order valence-electron chi connectivity index (χ4n) is 0.378. The van der Waals surface area contributed by atoms with Crippen LogP contribution in [0.15, 0.2) is 23.8 Å². The zero-order valence-corrected chi connectivity index (χ0v) is 8.23. The van der Waals surface area contributed by atoms with Crippen LogP contribution in [0.25, 0.3) is 0 Å². The first kappa shape index (κ1) is 14.9. The molecule has 0 rings (SSSR count). The summed E-state index contributed by atoms with van der Waals surface area (Å²) in [6, 6.07) is 0. The van der Waals surface area contributed by atoms with E-state index in [-0.39, 0.29) is 0 Å². The van der Waals surface area contributed by atoms with Crippen LogP contribution < -0.4 is 5.73 Å². The molecule has 0 aliphatic carbocycles. The van der Waals surface area contributed by atoms with Crippen molar-refractivity contribution >= 4 is 11.9 Å². The lowest BCUT2D eigenvalue weighted by atomic mass is 10.3. The summed E-state index contributed by atoms with van der Waals surface area (Å²) in [6.45, 7) is 4.74. The maximum absolute atomic E-state index is 9.55. The Bertz CT molecular complexity index is 223. The fourth-order valence-corrected chi connectivity index (χ4v) is 0.378. The number of rotatable bonds is 3. The molecular weight excluding hydrogens is 186 g/mol. The maximum atomic E-state index is 9.55. The average Bonchev–Trinajstić information content (AvgIpc) is 2.01. The van der Waals surface area contributed by atoms with Gasteiger partial charge in [0.15, 0.2) is 0 Å². The third-order valence-electron chi connectivity index (χ3n) is 0.895. The zero-order valence-electron chi connectivity index (χ0n) is 8.23. The number of aliphatic carboxylic acids is 2. The van der Waals surface area contributed by atoms with E-state index >= 15 is 0 Å². The van der Waals surface area contributed by atoms with Crippen molar-refractivity contribution in [2.75, 3.05) is 6.54 Å². The van der Waals surface area contributed by atoms with Gasteiger partial charge in [-0.2, -0.15) is 0 Å². The van der Waals surface area contributed by atoms with Gasteiger partial charge in [0.1, 0.15) is 0 Å². The summed E-state index contributed by atoms with van der Waals surface area (Å²) < 4.78 is 0. The molecule has 4 N–H and O–H groups in total. The molecule has 0 amide bonds. The molecule has 0 aromatic carbocycles. The number of carboxylic acid groups (broad SMARTS) is 2. The van der Waals surface area contributed by atoms with Gasteiger partial charge in [0.25, 0.3) is 0 Å². The summed E-state index contributed by atoms with van der Waals surface area (Å²) >= 11 is 0. The lowest BCUT2D eigenvalue weighted by molar-refractivity contribution is -0.134. The van der Waals surface area contributed by atoms with Crippen molar-refractivity contribution < 1.29 is 19.8 Å². The smallest absolute Gasteiger partial charge is 0.328 e. The Hall–Kier alpha value is -1.62. The van der Waals surface area contributed by atoms with Gasteiger partial charge in [-0.25, -0.2) is 9.59 Å². The van der Waals surface area contributed by atoms with Crippen LogP contribution in [0.1, 0.15) is 13.8 Å². The van der Waals surface area contributed by atoms with Gasteiger partial charge in [0, 0.05) is 18.7 Å². The Kier molecular flexibility index (Phi) is 10.1. The molecule has 0 unspecified atom stereocenters. The second kappa shape index (κ2) is 9.47. The number of hydrogen-bond donors (Lipinski definition) is 3. The Balaban J connectivity index is 0. The van der Waals surface area contributed by atoms with Crippen LogP contribution in [0, 0.1) is 0 Å². The minimum absolute atomic E-state index is 0.558. The lowest BCUT2D eigenvalue weighted by Crippen LogP contribution is -1.92. The second-order valence-corrected chi connectivity index (χ2v) is 2.53. The molecule has 14 heavy (non-hydrogen) atoms. The Morgan fingerprint density at radius 3 is 1.57 bits per heavy atom. The SMILES string of the molecule is CC(C)=CCN.O=C(O)/C=C/C(=O)O. The monoisotopic (exact) mass is 201 g/mol. The zero-order chi connectivity index (χ0) is 11.6. The number of hydrogen-bond acceptors (Lipinski definition) is 3. The molecular formula is C9H15NO4.